The zero-order valence-electron chi connectivity index (χ0n) is 10.5. The van der Waals surface area contributed by atoms with E-state index >= 15 is 0 Å². The van der Waals surface area contributed by atoms with Gasteiger partial charge >= 0.3 is 5.97 Å². The van der Waals surface area contributed by atoms with Crippen molar-refractivity contribution in [1.82, 2.24) is 14.8 Å². The van der Waals surface area contributed by atoms with Crippen molar-refractivity contribution in [3.8, 4) is 10.8 Å². The van der Waals surface area contributed by atoms with E-state index in [-0.39, 0.29) is 11.7 Å². The molecular formula is C10H11N3O3S3. The monoisotopic (exact) mass is 317 g/mol. The maximum Gasteiger partial charge on any atom is 0.316 e. The Morgan fingerprint density at radius 3 is 2.89 bits per heavy atom. The van der Waals surface area contributed by atoms with E-state index in [1.807, 2.05) is 18.5 Å². The van der Waals surface area contributed by atoms with Gasteiger partial charge < -0.3 is 13.7 Å². The first-order valence-electron chi connectivity index (χ1n) is 5.23. The number of esters is 1. The fourth-order valence-corrected chi connectivity index (χ4v) is 3.14. The molecule has 0 saturated carbocycles. The number of aromatic nitrogens is 3. The summed E-state index contributed by atoms with van der Waals surface area (Å²) in [6, 6.07) is 0. The van der Waals surface area contributed by atoms with Crippen LogP contribution in [0.3, 0.4) is 0 Å². The number of nitrogens with zero attached hydrogens (tertiary/aromatic N) is 3. The summed E-state index contributed by atoms with van der Waals surface area (Å²) in [5, 5.41) is 8.18. The van der Waals surface area contributed by atoms with Crippen molar-refractivity contribution >= 4 is 41.3 Å². The number of methoxy groups -OCH3 is 1. The summed E-state index contributed by atoms with van der Waals surface area (Å²) in [5.74, 6) is 0.222. The number of ether oxygens (including phenoxy) is 1. The molecule has 0 fully saturated rings. The van der Waals surface area contributed by atoms with Gasteiger partial charge in [0.25, 0.3) is 11.1 Å². The zero-order valence-corrected chi connectivity index (χ0v) is 12.9. The van der Waals surface area contributed by atoms with Gasteiger partial charge in [-0.3, -0.25) is 4.79 Å². The van der Waals surface area contributed by atoms with Gasteiger partial charge in [0.05, 0.1) is 7.11 Å². The lowest BCUT2D eigenvalue weighted by atomic mass is 10.4. The molecular weight excluding hydrogens is 306 g/mol. The van der Waals surface area contributed by atoms with Gasteiger partial charge in [0, 0.05) is 12.7 Å². The van der Waals surface area contributed by atoms with Crippen LogP contribution < -0.4 is 0 Å². The highest BCUT2D eigenvalue weighted by Gasteiger charge is 2.16. The number of thiazole rings is 1. The van der Waals surface area contributed by atoms with Crippen molar-refractivity contribution in [2.75, 3.05) is 12.9 Å². The fourth-order valence-electron chi connectivity index (χ4n) is 1.26. The Hall–Kier alpha value is -1.19. The van der Waals surface area contributed by atoms with E-state index in [1.165, 1.54) is 18.4 Å². The van der Waals surface area contributed by atoms with Gasteiger partial charge in [0.15, 0.2) is 3.95 Å². The molecule has 0 atom stereocenters. The van der Waals surface area contributed by atoms with Crippen molar-refractivity contribution < 1.29 is 13.9 Å². The summed E-state index contributed by atoms with van der Waals surface area (Å²) in [4.78, 5) is 11.9. The maximum absolute atomic E-state index is 11.0. The number of carbonyl (C=O) groups excluding carboxylic acids is 1. The van der Waals surface area contributed by atoms with Gasteiger partial charge in [0.2, 0.25) is 0 Å². The highest BCUT2D eigenvalue weighted by molar-refractivity contribution is 7.99. The second-order valence-electron chi connectivity index (χ2n) is 3.58. The first kappa shape index (κ1) is 14.2. The van der Waals surface area contributed by atoms with Crippen molar-refractivity contribution in [3.05, 3.63) is 9.65 Å². The molecule has 0 amide bonds. The molecule has 0 aliphatic rings. The molecule has 0 radical (unpaired) electrons. The minimum atomic E-state index is -0.337. The molecule has 0 aliphatic carbocycles. The average molecular weight is 317 g/mol. The summed E-state index contributed by atoms with van der Waals surface area (Å²) in [6.07, 6.45) is 0. The minimum absolute atomic E-state index is 0.140. The Bertz CT molecular complexity index is 659. The highest BCUT2D eigenvalue weighted by Crippen LogP contribution is 2.30. The molecule has 0 N–H and O–H groups in total. The summed E-state index contributed by atoms with van der Waals surface area (Å²) in [5.41, 5.74) is 0.975. The Balaban J connectivity index is 2.19. The van der Waals surface area contributed by atoms with Crippen LogP contribution in [-0.4, -0.2) is 33.6 Å². The molecule has 6 nitrogen and oxygen atoms in total. The van der Waals surface area contributed by atoms with E-state index in [0.717, 1.165) is 26.3 Å². The van der Waals surface area contributed by atoms with Gasteiger partial charge in [-0.2, -0.15) is 0 Å². The van der Waals surface area contributed by atoms with Gasteiger partial charge in [-0.25, -0.2) is 0 Å². The smallest absolute Gasteiger partial charge is 0.316 e. The summed E-state index contributed by atoms with van der Waals surface area (Å²) >= 11 is 7.75. The van der Waals surface area contributed by atoms with Crippen molar-refractivity contribution in [2.24, 2.45) is 7.05 Å². The third-order valence-corrected chi connectivity index (χ3v) is 4.88. The molecule has 0 spiro atoms. The van der Waals surface area contributed by atoms with Gasteiger partial charge in [-0.05, 0) is 19.1 Å². The quantitative estimate of drug-likeness (QED) is 0.487. The van der Waals surface area contributed by atoms with Crippen LogP contribution in [-0.2, 0) is 16.6 Å². The van der Waals surface area contributed by atoms with Crippen LogP contribution in [0.5, 0.6) is 0 Å². The number of thioether (sulfide) groups is 1. The topological polar surface area (TPSA) is 70.2 Å². The average Bonchev–Trinajstić information content (AvgIpc) is 2.96. The van der Waals surface area contributed by atoms with Gasteiger partial charge in [0.1, 0.15) is 10.6 Å². The minimum Gasteiger partial charge on any atom is -0.468 e. The zero-order chi connectivity index (χ0) is 14.0. The highest BCUT2D eigenvalue weighted by atomic mass is 32.2. The maximum atomic E-state index is 11.0. The molecule has 19 heavy (non-hydrogen) atoms. The molecule has 0 saturated heterocycles. The van der Waals surface area contributed by atoms with Crippen LogP contribution in [0.1, 0.15) is 5.69 Å². The van der Waals surface area contributed by atoms with Crippen LogP contribution in [0.4, 0.5) is 0 Å². The normalized spacial score (nSPS) is 10.7. The predicted octanol–water partition coefficient (Wildman–Crippen LogP) is 2.44. The van der Waals surface area contributed by atoms with Crippen LogP contribution in [0.2, 0.25) is 0 Å². The Kier molecular flexibility index (Phi) is 4.38. The number of hydrogen-bond donors (Lipinski definition) is 0. The molecule has 0 bridgehead atoms. The first-order chi connectivity index (χ1) is 9.02. The lowest BCUT2D eigenvalue weighted by Gasteiger charge is -1.95. The lowest BCUT2D eigenvalue weighted by molar-refractivity contribution is -0.137. The summed E-state index contributed by atoms with van der Waals surface area (Å²) in [7, 11) is 3.23. The second-order valence-corrected chi connectivity index (χ2v) is 6.15. The number of rotatable bonds is 4. The Morgan fingerprint density at radius 2 is 2.32 bits per heavy atom. The van der Waals surface area contributed by atoms with Crippen molar-refractivity contribution in [2.45, 2.75) is 12.1 Å². The molecule has 0 unspecified atom stereocenters. The Labute approximate surface area is 122 Å². The van der Waals surface area contributed by atoms with E-state index < -0.39 is 0 Å². The van der Waals surface area contributed by atoms with E-state index in [1.54, 1.807) is 0 Å². The van der Waals surface area contributed by atoms with Crippen LogP contribution in [0.25, 0.3) is 10.8 Å². The number of hydrogen-bond acceptors (Lipinski definition) is 8. The molecule has 9 heteroatoms. The van der Waals surface area contributed by atoms with E-state index in [9.17, 15) is 4.79 Å². The van der Waals surface area contributed by atoms with Crippen molar-refractivity contribution in [1.29, 1.82) is 0 Å². The molecule has 2 aromatic heterocycles. The van der Waals surface area contributed by atoms with Gasteiger partial charge in [-0.15, -0.1) is 10.2 Å². The molecule has 102 valence electrons. The fraction of sp³-hybridized carbons (Fsp3) is 0.400. The molecule has 0 aliphatic heterocycles. The molecule has 2 heterocycles. The lowest BCUT2D eigenvalue weighted by Crippen LogP contribution is -2.02. The first-order valence-corrected chi connectivity index (χ1v) is 7.44. The van der Waals surface area contributed by atoms with E-state index in [0.29, 0.717) is 11.1 Å². The second kappa shape index (κ2) is 5.85. The summed E-state index contributed by atoms with van der Waals surface area (Å²) < 4.78 is 12.7. The summed E-state index contributed by atoms with van der Waals surface area (Å²) in [6.45, 7) is 1.94. The standard InChI is InChI=1S/C10H11N3O3S3/c1-5-7(19-10(17)13(5)2)8-11-12-9(16-8)18-4-6(14)15-3/h4H2,1-3H3. The third kappa shape index (κ3) is 3.04. The molecule has 2 aromatic rings. The van der Waals surface area contributed by atoms with E-state index in [2.05, 4.69) is 14.9 Å². The predicted molar refractivity (Wildman–Crippen MR) is 74.9 cm³/mol. The van der Waals surface area contributed by atoms with E-state index in [4.69, 9.17) is 16.6 Å². The number of carbonyl (C=O) groups is 1. The molecule has 0 aromatic carbocycles. The van der Waals surface area contributed by atoms with Crippen molar-refractivity contribution in [3.63, 3.8) is 0 Å². The van der Waals surface area contributed by atoms with Crippen LogP contribution in [0.15, 0.2) is 9.64 Å². The SMILES string of the molecule is COC(=O)CSc1nnc(-c2sc(=S)n(C)c2C)o1. The Morgan fingerprint density at radius 1 is 1.58 bits per heavy atom. The molecule has 2 rings (SSSR count). The largest absolute Gasteiger partial charge is 0.468 e. The van der Waals surface area contributed by atoms with Crippen LogP contribution >= 0.6 is 35.3 Å². The van der Waals surface area contributed by atoms with Gasteiger partial charge in [-0.1, -0.05) is 23.1 Å². The third-order valence-electron chi connectivity index (χ3n) is 2.44. The van der Waals surface area contributed by atoms with Crippen LogP contribution in [0, 0.1) is 10.9 Å².